The maximum atomic E-state index is 13.1. The van der Waals surface area contributed by atoms with E-state index in [-0.39, 0.29) is 36.1 Å². The van der Waals surface area contributed by atoms with Crippen molar-refractivity contribution in [3.8, 4) is 0 Å². The molecule has 1 aromatic heterocycles. The van der Waals surface area contributed by atoms with E-state index < -0.39 is 16.1 Å². The normalized spacial score (nSPS) is 18.9. The van der Waals surface area contributed by atoms with Crippen molar-refractivity contribution in [1.29, 1.82) is 0 Å². The van der Waals surface area contributed by atoms with Gasteiger partial charge in [0, 0.05) is 37.8 Å². The first kappa shape index (κ1) is 22.4. The summed E-state index contributed by atoms with van der Waals surface area (Å²) in [6.45, 7) is 3.06. The van der Waals surface area contributed by atoms with Gasteiger partial charge in [-0.05, 0) is 48.7 Å². The molecule has 2 aromatic rings. The number of hydrogen-bond acceptors (Lipinski definition) is 5. The van der Waals surface area contributed by atoms with Gasteiger partial charge in [0.1, 0.15) is 6.04 Å². The van der Waals surface area contributed by atoms with Crippen LogP contribution in [0, 0.1) is 0 Å². The van der Waals surface area contributed by atoms with Gasteiger partial charge in [-0.25, -0.2) is 8.42 Å². The van der Waals surface area contributed by atoms with Gasteiger partial charge in [0.05, 0.1) is 17.1 Å². The average Bonchev–Trinajstić information content (AvgIpc) is 3.22. The maximum Gasteiger partial charge on any atom is 0.243 e. The van der Waals surface area contributed by atoms with Crippen LogP contribution in [0.15, 0.2) is 47.5 Å². The molecule has 32 heavy (non-hydrogen) atoms. The van der Waals surface area contributed by atoms with Gasteiger partial charge in [0.25, 0.3) is 0 Å². The molecule has 0 bridgehead atoms. The first-order valence-electron chi connectivity index (χ1n) is 11.0. The minimum absolute atomic E-state index is 0.173. The number of rotatable bonds is 6. The molecule has 4 rings (SSSR count). The number of benzene rings is 1. The van der Waals surface area contributed by atoms with E-state index in [1.54, 1.807) is 37.4 Å². The predicted molar refractivity (Wildman–Crippen MR) is 120 cm³/mol. The van der Waals surface area contributed by atoms with Crippen LogP contribution in [0.3, 0.4) is 0 Å². The smallest absolute Gasteiger partial charge is 0.243 e. The summed E-state index contributed by atoms with van der Waals surface area (Å²) in [5, 5.41) is 2.86. The number of pyridine rings is 1. The van der Waals surface area contributed by atoms with Crippen molar-refractivity contribution in [2.75, 3.05) is 18.0 Å². The standard InChI is InChI=1S/C23H28N4O4S/c1-2-22(28)27-20-10-9-19(32(30,31)26-12-6-3-7-13-26)14-17(20)15-21(27)23(29)25-16-18-8-4-5-11-24-18/h4-5,8-11,14,21H,2-3,6-7,12-13,15-16H2,1H3,(H,25,29)/t21-/m1/s1. The first-order chi connectivity index (χ1) is 15.4. The second kappa shape index (κ2) is 9.38. The number of carbonyl (C=O) groups is 2. The molecule has 9 heteroatoms. The Balaban J connectivity index is 1.57. The molecule has 0 radical (unpaired) electrons. The number of amides is 2. The van der Waals surface area contributed by atoms with Crippen molar-refractivity contribution in [3.63, 3.8) is 0 Å². The van der Waals surface area contributed by atoms with Gasteiger partial charge in [0.15, 0.2) is 0 Å². The summed E-state index contributed by atoms with van der Waals surface area (Å²) in [4.78, 5) is 31.6. The summed E-state index contributed by atoms with van der Waals surface area (Å²) in [6.07, 6.45) is 4.95. The second-order valence-corrected chi connectivity index (χ2v) is 10.1. The van der Waals surface area contributed by atoms with E-state index in [0.29, 0.717) is 24.3 Å². The van der Waals surface area contributed by atoms with Gasteiger partial charge in [-0.2, -0.15) is 4.31 Å². The Morgan fingerprint density at radius 3 is 2.59 bits per heavy atom. The number of nitrogens with zero attached hydrogens (tertiary/aromatic N) is 3. The lowest BCUT2D eigenvalue weighted by Gasteiger charge is -2.26. The highest BCUT2D eigenvalue weighted by molar-refractivity contribution is 7.89. The van der Waals surface area contributed by atoms with Crippen LogP contribution in [0.1, 0.15) is 43.9 Å². The predicted octanol–water partition coefficient (Wildman–Crippen LogP) is 2.24. The quantitative estimate of drug-likeness (QED) is 0.719. The number of carbonyl (C=O) groups excluding carboxylic acids is 2. The average molecular weight is 457 g/mol. The van der Waals surface area contributed by atoms with Gasteiger partial charge in [0.2, 0.25) is 21.8 Å². The summed E-state index contributed by atoms with van der Waals surface area (Å²) in [5.41, 5.74) is 2.02. The second-order valence-electron chi connectivity index (χ2n) is 8.13. The molecule has 0 saturated carbocycles. The molecule has 1 saturated heterocycles. The topological polar surface area (TPSA) is 99.7 Å². The summed E-state index contributed by atoms with van der Waals surface area (Å²) >= 11 is 0. The third-order valence-electron chi connectivity index (χ3n) is 6.03. The molecule has 170 valence electrons. The number of aromatic nitrogens is 1. The van der Waals surface area contributed by atoms with Crippen molar-refractivity contribution in [1.82, 2.24) is 14.6 Å². The van der Waals surface area contributed by atoms with Crippen LogP contribution >= 0.6 is 0 Å². The van der Waals surface area contributed by atoms with Crippen molar-refractivity contribution >= 4 is 27.5 Å². The van der Waals surface area contributed by atoms with Gasteiger partial charge < -0.3 is 5.32 Å². The molecule has 1 N–H and O–H groups in total. The highest BCUT2D eigenvalue weighted by atomic mass is 32.2. The summed E-state index contributed by atoms with van der Waals surface area (Å²) in [5.74, 6) is -0.456. The van der Waals surface area contributed by atoms with Crippen LogP contribution in [0.25, 0.3) is 0 Å². The maximum absolute atomic E-state index is 13.1. The Morgan fingerprint density at radius 1 is 1.12 bits per heavy atom. The number of piperidine rings is 1. The van der Waals surface area contributed by atoms with E-state index >= 15 is 0 Å². The molecule has 2 amide bonds. The SMILES string of the molecule is CCC(=O)N1c2ccc(S(=O)(=O)N3CCCCC3)cc2C[C@@H]1C(=O)NCc1ccccn1. The minimum Gasteiger partial charge on any atom is -0.349 e. The van der Waals surface area contributed by atoms with Crippen LogP contribution in [0.2, 0.25) is 0 Å². The fraction of sp³-hybridized carbons (Fsp3) is 0.435. The Bertz CT molecular complexity index is 1100. The Hall–Kier alpha value is -2.78. The zero-order chi connectivity index (χ0) is 22.7. The van der Waals surface area contributed by atoms with Crippen molar-refractivity contribution in [3.05, 3.63) is 53.9 Å². The fourth-order valence-corrected chi connectivity index (χ4v) is 5.90. The summed E-state index contributed by atoms with van der Waals surface area (Å²) < 4.78 is 27.7. The highest BCUT2D eigenvalue weighted by Gasteiger charge is 2.38. The molecule has 1 aromatic carbocycles. The third kappa shape index (κ3) is 4.40. The molecule has 0 unspecified atom stereocenters. The molecule has 1 fully saturated rings. The van der Waals surface area contributed by atoms with E-state index in [0.717, 1.165) is 25.0 Å². The summed E-state index contributed by atoms with van der Waals surface area (Å²) in [6, 6.07) is 9.58. The molecular formula is C23H28N4O4S. The van der Waals surface area contributed by atoms with Gasteiger partial charge in [-0.1, -0.05) is 19.4 Å². The number of anilines is 1. The fourth-order valence-electron chi connectivity index (χ4n) is 4.33. The van der Waals surface area contributed by atoms with E-state index in [2.05, 4.69) is 10.3 Å². The molecule has 2 aliphatic rings. The lowest BCUT2D eigenvalue weighted by atomic mass is 10.1. The number of fused-ring (bicyclic) bond motifs is 1. The number of sulfonamides is 1. The van der Waals surface area contributed by atoms with Crippen LogP contribution in [0.5, 0.6) is 0 Å². The van der Waals surface area contributed by atoms with E-state index in [9.17, 15) is 18.0 Å². The lowest BCUT2D eigenvalue weighted by Crippen LogP contribution is -2.47. The van der Waals surface area contributed by atoms with E-state index in [1.165, 1.54) is 9.21 Å². The van der Waals surface area contributed by atoms with Gasteiger partial charge in [-0.3, -0.25) is 19.5 Å². The Kier molecular flexibility index (Phi) is 6.57. The molecular weight excluding hydrogens is 428 g/mol. The minimum atomic E-state index is -3.59. The number of hydrogen-bond donors (Lipinski definition) is 1. The van der Waals surface area contributed by atoms with Gasteiger partial charge >= 0.3 is 0 Å². The van der Waals surface area contributed by atoms with Crippen molar-refractivity contribution in [2.45, 2.75) is 56.5 Å². The van der Waals surface area contributed by atoms with Crippen LogP contribution in [0.4, 0.5) is 5.69 Å². The molecule has 3 heterocycles. The largest absolute Gasteiger partial charge is 0.349 e. The lowest BCUT2D eigenvalue weighted by molar-refractivity contribution is -0.126. The Morgan fingerprint density at radius 2 is 1.91 bits per heavy atom. The third-order valence-corrected chi connectivity index (χ3v) is 7.93. The monoisotopic (exact) mass is 456 g/mol. The van der Waals surface area contributed by atoms with Crippen LogP contribution in [-0.2, 0) is 32.6 Å². The first-order valence-corrected chi connectivity index (χ1v) is 12.5. The summed E-state index contributed by atoms with van der Waals surface area (Å²) in [7, 11) is -3.59. The molecule has 8 nitrogen and oxygen atoms in total. The highest BCUT2D eigenvalue weighted by Crippen LogP contribution is 2.35. The van der Waals surface area contributed by atoms with Crippen LogP contribution < -0.4 is 10.2 Å². The molecule has 2 aliphatic heterocycles. The van der Waals surface area contributed by atoms with E-state index in [4.69, 9.17) is 0 Å². The zero-order valence-electron chi connectivity index (χ0n) is 18.2. The van der Waals surface area contributed by atoms with Crippen molar-refractivity contribution < 1.29 is 18.0 Å². The van der Waals surface area contributed by atoms with Crippen molar-refractivity contribution in [2.24, 2.45) is 0 Å². The van der Waals surface area contributed by atoms with Crippen LogP contribution in [-0.4, -0.2) is 48.7 Å². The van der Waals surface area contributed by atoms with Gasteiger partial charge in [-0.15, -0.1) is 0 Å². The Labute approximate surface area is 188 Å². The molecule has 1 atom stereocenters. The molecule has 0 aliphatic carbocycles. The number of nitrogens with one attached hydrogen (secondary N) is 1. The zero-order valence-corrected chi connectivity index (χ0v) is 19.0. The van der Waals surface area contributed by atoms with E-state index in [1.807, 2.05) is 12.1 Å². The molecule has 0 spiro atoms.